The number of piperazine rings is 1. The number of hydrogen-bond donors (Lipinski definition) is 0. The Balaban J connectivity index is 1.87. The molecular formula is C19H21ClN2O2S. The van der Waals surface area contributed by atoms with Crippen LogP contribution in [0.4, 0.5) is 0 Å². The first kappa shape index (κ1) is 18.1. The highest BCUT2D eigenvalue weighted by Crippen LogP contribution is 2.28. The molecule has 132 valence electrons. The molecule has 0 bridgehead atoms. The van der Waals surface area contributed by atoms with Crippen LogP contribution in [0.1, 0.15) is 17.2 Å². The lowest BCUT2D eigenvalue weighted by Gasteiger charge is -2.38. The minimum atomic E-state index is -3.52. The summed E-state index contributed by atoms with van der Waals surface area (Å²) >= 11 is 5.87. The zero-order chi connectivity index (χ0) is 17.9. The van der Waals surface area contributed by atoms with Crippen LogP contribution in [0.25, 0.3) is 6.08 Å². The standard InChI is InChI=1S/C19H21ClN2O2S/c1-21-12-13-22(19(15-21)17-5-3-2-4-6-17)25(23,24)14-11-16-7-9-18(20)10-8-16/h2-11,14,19H,12-13,15H2,1H3/b14-11+/t19-/m0/s1. The summed E-state index contributed by atoms with van der Waals surface area (Å²) in [4.78, 5) is 2.16. The molecule has 0 unspecified atom stereocenters. The topological polar surface area (TPSA) is 40.6 Å². The molecule has 25 heavy (non-hydrogen) atoms. The van der Waals surface area contributed by atoms with E-state index in [2.05, 4.69) is 4.90 Å². The molecule has 2 aromatic rings. The van der Waals surface area contributed by atoms with Crippen molar-refractivity contribution in [2.75, 3.05) is 26.7 Å². The van der Waals surface area contributed by atoms with Crippen LogP contribution < -0.4 is 0 Å². The van der Waals surface area contributed by atoms with E-state index >= 15 is 0 Å². The fraction of sp³-hybridized carbons (Fsp3) is 0.263. The summed E-state index contributed by atoms with van der Waals surface area (Å²) in [6, 6.07) is 16.7. The van der Waals surface area contributed by atoms with Gasteiger partial charge in [0.15, 0.2) is 0 Å². The fourth-order valence-electron chi connectivity index (χ4n) is 2.97. The molecule has 1 saturated heterocycles. The monoisotopic (exact) mass is 376 g/mol. The fourth-order valence-corrected chi connectivity index (χ4v) is 4.46. The summed E-state index contributed by atoms with van der Waals surface area (Å²) < 4.78 is 27.4. The van der Waals surface area contributed by atoms with Crippen LogP contribution in [0, 0.1) is 0 Å². The van der Waals surface area contributed by atoms with Crippen LogP contribution in [0.2, 0.25) is 5.02 Å². The Bertz CT molecular complexity index is 835. The second-order valence-corrected chi connectivity index (χ2v) is 8.41. The summed E-state index contributed by atoms with van der Waals surface area (Å²) in [5.41, 5.74) is 1.82. The van der Waals surface area contributed by atoms with Gasteiger partial charge in [-0.05, 0) is 36.4 Å². The van der Waals surface area contributed by atoms with Crippen molar-refractivity contribution in [3.05, 3.63) is 76.2 Å². The number of nitrogens with zero attached hydrogens (tertiary/aromatic N) is 2. The molecule has 0 amide bonds. The Kier molecular flexibility index (Phi) is 5.59. The van der Waals surface area contributed by atoms with E-state index < -0.39 is 10.0 Å². The Morgan fingerprint density at radius 2 is 1.72 bits per heavy atom. The maximum atomic E-state index is 12.9. The van der Waals surface area contributed by atoms with Gasteiger partial charge in [-0.3, -0.25) is 0 Å². The minimum absolute atomic E-state index is 0.181. The summed E-state index contributed by atoms with van der Waals surface area (Å²) in [5, 5.41) is 1.92. The molecule has 3 rings (SSSR count). The zero-order valence-electron chi connectivity index (χ0n) is 14.0. The highest BCUT2D eigenvalue weighted by atomic mass is 35.5. The van der Waals surface area contributed by atoms with Gasteiger partial charge in [-0.15, -0.1) is 0 Å². The summed E-state index contributed by atoms with van der Waals surface area (Å²) in [7, 11) is -1.50. The largest absolute Gasteiger partial charge is 0.303 e. The van der Waals surface area contributed by atoms with Gasteiger partial charge < -0.3 is 4.90 Å². The van der Waals surface area contributed by atoms with Crippen LogP contribution in [0.3, 0.4) is 0 Å². The molecule has 1 aliphatic rings. The van der Waals surface area contributed by atoms with Crippen molar-refractivity contribution in [1.82, 2.24) is 9.21 Å². The molecule has 0 saturated carbocycles. The van der Waals surface area contributed by atoms with Crippen molar-refractivity contribution < 1.29 is 8.42 Å². The molecule has 0 radical (unpaired) electrons. The maximum Gasteiger partial charge on any atom is 0.236 e. The van der Waals surface area contributed by atoms with E-state index in [1.807, 2.05) is 37.4 Å². The lowest BCUT2D eigenvalue weighted by molar-refractivity contribution is 0.162. The number of halogens is 1. The van der Waals surface area contributed by atoms with Crippen LogP contribution in [0.15, 0.2) is 60.0 Å². The quantitative estimate of drug-likeness (QED) is 0.818. The molecule has 0 aromatic heterocycles. The van der Waals surface area contributed by atoms with Crippen LogP contribution in [0.5, 0.6) is 0 Å². The zero-order valence-corrected chi connectivity index (χ0v) is 15.6. The van der Waals surface area contributed by atoms with Crippen LogP contribution in [-0.4, -0.2) is 44.3 Å². The minimum Gasteiger partial charge on any atom is -0.303 e. The second-order valence-electron chi connectivity index (χ2n) is 6.20. The average molecular weight is 377 g/mol. The molecule has 0 spiro atoms. The van der Waals surface area contributed by atoms with Crippen LogP contribution in [-0.2, 0) is 10.0 Å². The molecular weight excluding hydrogens is 356 g/mol. The summed E-state index contributed by atoms with van der Waals surface area (Å²) in [5.74, 6) is 0. The van der Waals surface area contributed by atoms with E-state index in [0.717, 1.165) is 17.7 Å². The van der Waals surface area contributed by atoms with E-state index in [0.29, 0.717) is 18.1 Å². The Morgan fingerprint density at radius 3 is 2.40 bits per heavy atom. The Labute approximate surface area is 154 Å². The lowest BCUT2D eigenvalue weighted by Crippen LogP contribution is -2.48. The number of hydrogen-bond acceptors (Lipinski definition) is 3. The van der Waals surface area contributed by atoms with Gasteiger partial charge in [-0.25, -0.2) is 8.42 Å². The third kappa shape index (κ3) is 4.50. The molecule has 1 atom stereocenters. The molecule has 0 aliphatic carbocycles. The number of likely N-dealkylation sites (N-methyl/N-ethyl adjacent to an activating group) is 1. The van der Waals surface area contributed by atoms with E-state index in [-0.39, 0.29) is 6.04 Å². The van der Waals surface area contributed by atoms with E-state index in [9.17, 15) is 8.42 Å². The van der Waals surface area contributed by atoms with Crippen molar-refractivity contribution in [1.29, 1.82) is 0 Å². The molecule has 4 nitrogen and oxygen atoms in total. The number of sulfonamides is 1. The maximum absolute atomic E-state index is 12.9. The molecule has 6 heteroatoms. The van der Waals surface area contributed by atoms with Gasteiger partial charge in [0, 0.05) is 30.1 Å². The third-order valence-electron chi connectivity index (χ3n) is 4.35. The van der Waals surface area contributed by atoms with Gasteiger partial charge >= 0.3 is 0 Å². The lowest BCUT2D eigenvalue weighted by atomic mass is 10.1. The summed E-state index contributed by atoms with van der Waals surface area (Å²) in [6.07, 6.45) is 1.62. The first-order chi connectivity index (χ1) is 12.0. The van der Waals surface area contributed by atoms with E-state index in [1.165, 1.54) is 5.41 Å². The Morgan fingerprint density at radius 1 is 1.04 bits per heavy atom. The SMILES string of the molecule is CN1CCN(S(=O)(=O)/C=C/c2ccc(Cl)cc2)[C@H](c2ccccc2)C1. The third-order valence-corrected chi connectivity index (χ3v) is 6.17. The highest BCUT2D eigenvalue weighted by Gasteiger charge is 2.33. The normalized spacial score (nSPS) is 20.2. The predicted molar refractivity (Wildman–Crippen MR) is 103 cm³/mol. The smallest absolute Gasteiger partial charge is 0.236 e. The van der Waals surface area contributed by atoms with Gasteiger partial charge in [-0.2, -0.15) is 4.31 Å². The van der Waals surface area contributed by atoms with Gasteiger partial charge in [0.1, 0.15) is 0 Å². The molecule has 1 aliphatic heterocycles. The van der Waals surface area contributed by atoms with Gasteiger partial charge in [-0.1, -0.05) is 54.1 Å². The van der Waals surface area contributed by atoms with E-state index in [4.69, 9.17) is 11.6 Å². The predicted octanol–water partition coefficient (Wildman–Crippen LogP) is 3.63. The van der Waals surface area contributed by atoms with Gasteiger partial charge in [0.05, 0.1) is 6.04 Å². The van der Waals surface area contributed by atoms with Crippen molar-refractivity contribution in [3.63, 3.8) is 0 Å². The molecule has 1 heterocycles. The molecule has 2 aromatic carbocycles. The Hall–Kier alpha value is -1.66. The first-order valence-corrected chi connectivity index (χ1v) is 10.0. The van der Waals surface area contributed by atoms with E-state index in [1.54, 1.807) is 34.6 Å². The highest BCUT2D eigenvalue weighted by molar-refractivity contribution is 7.92. The van der Waals surface area contributed by atoms with Crippen molar-refractivity contribution in [2.45, 2.75) is 6.04 Å². The second kappa shape index (κ2) is 7.70. The van der Waals surface area contributed by atoms with Gasteiger partial charge in [0.25, 0.3) is 0 Å². The van der Waals surface area contributed by atoms with Crippen molar-refractivity contribution in [3.8, 4) is 0 Å². The van der Waals surface area contributed by atoms with Crippen molar-refractivity contribution >= 4 is 27.7 Å². The van der Waals surface area contributed by atoms with Gasteiger partial charge in [0.2, 0.25) is 10.0 Å². The first-order valence-electron chi connectivity index (χ1n) is 8.15. The number of rotatable bonds is 4. The number of benzene rings is 2. The summed E-state index contributed by atoms with van der Waals surface area (Å²) in [6.45, 7) is 1.87. The van der Waals surface area contributed by atoms with Crippen LogP contribution >= 0.6 is 11.6 Å². The molecule has 1 fully saturated rings. The van der Waals surface area contributed by atoms with Crippen molar-refractivity contribution in [2.24, 2.45) is 0 Å². The average Bonchev–Trinajstić information content (AvgIpc) is 2.62. The molecule has 0 N–H and O–H groups in total.